The van der Waals surface area contributed by atoms with Crippen molar-refractivity contribution in [3.63, 3.8) is 0 Å². The minimum Gasteiger partial charge on any atom is -0.455 e. The fourth-order valence-corrected chi connectivity index (χ4v) is 8.79. The first-order valence-corrected chi connectivity index (χ1v) is 19.8. The number of nitrogens with zero attached hydrogens (tertiary/aromatic N) is 1. The molecule has 1 heterocycles. The lowest BCUT2D eigenvalue weighted by Crippen LogP contribution is -2.09. The summed E-state index contributed by atoms with van der Waals surface area (Å²) in [6.07, 6.45) is 0. The van der Waals surface area contributed by atoms with Gasteiger partial charge in [-0.1, -0.05) is 176 Å². The number of fused-ring (bicyclic) bond motifs is 6. The number of para-hydroxylation sites is 3. The zero-order valence-corrected chi connectivity index (χ0v) is 31.7. The molecule has 0 aliphatic rings. The number of benzene rings is 10. The lowest BCUT2D eigenvalue weighted by Gasteiger charge is -2.26. The van der Waals surface area contributed by atoms with Gasteiger partial charge < -0.3 is 9.32 Å². The van der Waals surface area contributed by atoms with Crippen LogP contribution < -0.4 is 4.90 Å². The third-order valence-electron chi connectivity index (χ3n) is 11.4. The molecular formula is C56H37NO. The van der Waals surface area contributed by atoms with Crippen LogP contribution >= 0.6 is 0 Å². The summed E-state index contributed by atoms with van der Waals surface area (Å²) in [7, 11) is 0. The number of rotatable bonds is 7. The van der Waals surface area contributed by atoms with Crippen molar-refractivity contribution in [1.82, 2.24) is 0 Å². The van der Waals surface area contributed by atoms with E-state index in [0.29, 0.717) is 0 Å². The highest BCUT2D eigenvalue weighted by Crippen LogP contribution is 2.46. The Labute approximate surface area is 337 Å². The Morgan fingerprint density at radius 1 is 0.276 bits per heavy atom. The molecule has 10 aromatic carbocycles. The maximum atomic E-state index is 6.41. The van der Waals surface area contributed by atoms with Crippen LogP contribution in [0.25, 0.3) is 88.0 Å². The highest BCUT2D eigenvalue weighted by atomic mass is 16.3. The molecule has 272 valence electrons. The van der Waals surface area contributed by atoms with Crippen molar-refractivity contribution in [1.29, 1.82) is 0 Å². The van der Waals surface area contributed by atoms with Gasteiger partial charge in [-0.3, -0.25) is 0 Å². The van der Waals surface area contributed by atoms with E-state index >= 15 is 0 Å². The first-order chi connectivity index (χ1) is 28.8. The molecule has 0 atom stereocenters. The lowest BCUT2D eigenvalue weighted by molar-refractivity contribution is 0.670. The second-order valence-electron chi connectivity index (χ2n) is 14.8. The molecule has 0 N–H and O–H groups in total. The van der Waals surface area contributed by atoms with Crippen molar-refractivity contribution in [3.05, 3.63) is 224 Å². The van der Waals surface area contributed by atoms with Crippen molar-refractivity contribution in [2.24, 2.45) is 0 Å². The normalized spacial score (nSPS) is 11.4. The van der Waals surface area contributed by atoms with Crippen LogP contribution in [0.5, 0.6) is 0 Å². The van der Waals surface area contributed by atoms with Crippen molar-refractivity contribution in [2.75, 3.05) is 4.90 Å². The molecule has 0 spiro atoms. The second-order valence-corrected chi connectivity index (χ2v) is 14.8. The fraction of sp³-hybridized carbons (Fsp3) is 0. The highest BCUT2D eigenvalue weighted by molar-refractivity contribution is 6.22. The van der Waals surface area contributed by atoms with Gasteiger partial charge in [-0.15, -0.1) is 0 Å². The average Bonchev–Trinajstić information content (AvgIpc) is 3.69. The zero-order chi connectivity index (χ0) is 38.4. The summed E-state index contributed by atoms with van der Waals surface area (Å²) in [4.78, 5) is 2.34. The summed E-state index contributed by atoms with van der Waals surface area (Å²) in [5, 5.41) is 7.27. The summed E-state index contributed by atoms with van der Waals surface area (Å²) >= 11 is 0. The van der Waals surface area contributed by atoms with Crippen molar-refractivity contribution in [3.8, 4) is 44.5 Å². The van der Waals surface area contributed by atoms with Crippen molar-refractivity contribution >= 4 is 60.5 Å². The summed E-state index contributed by atoms with van der Waals surface area (Å²) in [6, 6.07) is 80.6. The van der Waals surface area contributed by atoms with Gasteiger partial charge in [0.1, 0.15) is 11.2 Å². The third-order valence-corrected chi connectivity index (χ3v) is 11.4. The minimum atomic E-state index is 0.907. The summed E-state index contributed by atoms with van der Waals surface area (Å²) < 4.78 is 6.41. The standard InChI is InChI=1S/C56H37NO/c1-4-16-39(17-5-1)54-50-26-11-10-24-47(50)48-35-32-42(37-52(48)55(54)40-18-6-2-7-19-40)41-20-14-23-45(36-41)57(43-21-8-3-9-22-43)44-33-30-38(31-34-44)46-27-15-28-51-49-25-12-13-29-53(49)58-56(46)51/h1-37H. The average molecular weight is 740 g/mol. The van der Waals surface area contributed by atoms with Crippen LogP contribution in [0.4, 0.5) is 17.1 Å². The molecule has 11 aromatic rings. The molecule has 0 aliphatic heterocycles. The Kier molecular flexibility index (Phi) is 8.19. The minimum absolute atomic E-state index is 0.907. The van der Waals surface area contributed by atoms with Gasteiger partial charge in [-0.25, -0.2) is 0 Å². The Balaban J connectivity index is 1.05. The van der Waals surface area contributed by atoms with E-state index in [1.165, 1.54) is 49.4 Å². The van der Waals surface area contributed by atoms with Crippen LogP contribution in [-0.4, -0.2) is 0 Å². The predicted molar refractivity (Wildman–Crippen MR) is 245 cm³/mol. The quantitative estimate of drug-likeness (QED) is 0.151. The van der Waals surface area contributed by atoms with Gasteiger partial charge in [0, 0.05) is 33.4 Å². The van der Waals surface area contributed by atoms with Crippen LogP contribution in [0.1, 0.15) is 0 Å². The summed E-state index contributed by atoms with van der Waals surface area (Å²) in [5.74, 6) is 0. The van der Waals surface area contributed by atoms with E-state index in [1.54, 1.807) is 0 Å². The maximum Gasteiger partial charge on any atom is 0.143 e. The van der Waals surface area contributed by atoms with Crippen molar-refractivity contribution < 1.29 is 4.42 Å². The number of furan rings is 1. The maximum absolute atomic E-state index is 6.41. The van der Waals surface area contributed by atoms with E-state index in [4.69, 9.17) is 4.42 Å². The van der Waals surface area contributed by atoms with Gasteiger partial charge in [-0.05, 0) is 109 Å². The predicted octanol–water partition coefficient (Wildman–Crippen LogP) is 16.0. The van der Waals surface area contributed by atoms with Gasteiger partial charge in [0.15, 0.2) is 0 Å². The SMILES string of the molecule is c1ccc(-c2c(-c3ccccc3)c3cc(-c4cccc(N(c5ccccc5)c5ccc(-c6cccc7c6oc6ccccc67)cc5)c4)ccc3c3ccccc23)cc1. The fourth-order valence-electron chi connectivity index (χ4n) is 8.79. The molecule has 0 bridgehead atoms. The topological polar surface area (TPSA) is 16.4 Å². The Hall–Kier alpha value is -7.68. The molecule has 0 saturated heterocycles. The second kappa shape index (κ2) is 14.1. The highest BCUT2D eigenvalue weighted by Gasteiger charge is 2.20. The van der Waals surface area contributed by atoms with Gasteiger partial charge in [-0.2, -0.15) is 0 Å². The molecule has 2 heteroatoms. The first kappa shape index (κ1) is 33.6. The smallest absolute Gasteiger partial charge is 0.143 e. The monoisotopic (exact) mass is 739 g/mol. The number of hydrogen-bond acceptors (Lipinski definition) is 2. The van der Waals surface area contributed by atoms with Crippen LogP contribution in [0.3, 0.4) is 0 Å². The Bertz CT molecular complexity index is 3260. The Morgan fingerprint density at radius 3 is 1.52 bits per heavy atom. The van der Waals surface area contributed by atoms with E-state index in [0.717, 1.165) is 55.7 Å². The van der Waals surface area contributed by atoms with Crippen LogP contribution in [0.15, 0.2) is 229 Å². The van der Waals surface area contributed by atoms with Crippen LogP contribution in [0.2, 0.25) is 0 Å². The molecule has 0 fully saturated rings. The molecular weight excluding hydrogens is 703 g/mol. The summed E-state index contributed by atoms with van der Waals surface area (Å²) in [6.45, 7) is 0. The van der Waals surface area contributed by atoms with E-state index in [2.05, 4.69) is 217 Å². The molecule has 58 heavy (non-hydrogen) atoms. The van der Waals surface area contributed by atoms with Crippen LogP contribution in [-0.2, 0) is 0 Å². The molecule has 0 amide bonds. The van der Waals surface area contributed by atoms with Gasteiger partial charge >= 0.3 is 0 Å². The van der Waals surface area contributed by atoms with Crippen LogP contribution in [0, 0.1) is 0 Å². The van der Waals surface area contributed by atoms with E-state index in [1.807, 2.05) is 12.1 Å². The molecule has 0 aliphatic carbocycles. The Morgan fingerprint density at radius 2 is 0.776 bits per heavy atom. The molecule has 1 aromatic heterocycles. The van der Waals surface area contributed by atoms with Gasteiger partial charge in [0.05, 0.1) is 0 Å². The zero-order valence-electron chi connectivity index (χ0n) is 31.7. The molecule has 0 saturated carbocycles. The molecule has 11 rings (SSSR count). The molecule has 0 unspecified atom stereocenters. The number of hydrogen-bond donors (Lipinski definition) is 0. The van der Waals surface area contributed by atoms with Gasteiger partial charge in [0.2, 0.25) is 0 Å². The largest absolute Gasteiger partial charge is 0.455 e. The molecule has 0 radical (unpaired) electrons. The number of anilines is 3. The van der Waals surface area contributed by atoms with E-state index in [9.17, 15) is 0 Å². The van der Waals surface area contributed by atoms with E-state index < -0.39 is 0 Å². The third kappa shape index (κ3) is 5.74. The first-order valence-electron chi connectivity index (χ1n) is 19.8. The van der Waals surface area contributed by atoms with Crippen molar-refractivity contribution in [2.45, 2.75) is 0 Å². The van der Waals surface area contributed by atoms with E-state index in [-0.39, 0.29) is 0 Å². The van der Waals surface area contributed by atoms with Gasteiger partial charge in [0.25, 0.3) is 0 Å². The summed E-state index contributed by atoms with van der Waals surface area (Å²) in [5.41, 5.74) is 14.5. The lowest BCUT2D eigenvalue weighted by atomic mass is 9.84. The molecule has 2 nitrogen and oxygen atoms in total.